The number of hydrogen-bond acceptors (Lipinski definition) is 3. The van der Waals surface area contributed by atoms with E-state index in [-0.39, 0.29) is 24.5 Å². The molecule has 156 valence electrons. The maximum Gasteiger partial charge on any atom is 0.243 e. The maximum absolute atomic E-state index is 13.2. The molecule has 0 fully saturated rings. The third-order valence-electron chi connectivity index (χ3n) is 5.29. The molecule has 3 aromatic carbocycles. The molecule has 7 heteroatoms. The van der Waals surface area contributed by atoms with Crippen LogP contribution in [0.25, 0.3) is 21.8 Å². The Morgan fingerprint density at radius 1 is 0.933 bits per heavy atom. The molecule has 4 rings (SSSR count). The van der Waals surface area contributed by atoms with Crippen molar-refractivity contribution < 1.29 is 17.9 Å². The minimum absolute atomic E-state index is 0.00909. The molecular weight excluding hydrogens is 403 g/mol. The Morgan fingerprint density at radius 2 is 1.47 bits per heavy atom. The summed E-state index contributed by atoms with van der Waals surface area (Å²) < 4.78 is 42.3. The lowest BCUT2D eigenvalue weighted by Crippen LogP contribution is -2.38. The van der Waals surface area contributed by atoms with E-state index in [4.69, 9.17) is 0 Å². The Labute approximate surface area is 175 Å². The number of aliphatic hydroxyl groups is 1. The van der Waals surface area contributed by atoms with Crippen LogP contribution in [0.5, 0.6) is 0 Å². The number of para-hydroxylation sites is 2. The summed E-state index contributed by atoms with van der Waals surface area (Å²) in [7, 11) is -3.83. The molecule has 0 bridgehead atoms. The van der Waals surface area contributed by atoms with E-state index >= 15 is 0 Å². The van der Waals surface area contributed by atoms with Crippen molar-refractivity contribution in [2.75, 3.05) is 13.1 Å². The van der Waals surface area contributed by atoms with Gasteiger partial charge in [0.25, 0.3) is 0 Å². The summed E-state index contributed by atoms with van der Waals surface area (Å²) in [6.07, 6.45) is -0.917. The van der Waals surface area contributed by atoms with E-state index in [0.29, 0.717) is 0 Å². The summed E-state index contributed by atoms with van der Waals surface area (Å²) in [5.41, 5.74) is 1.98. The Hall–Kier alpha value is -2.74. The Bertz CT molecular complexity index is 1230. The van der Waals surface area contributed by atoms with Crippen LogP contribution in [-0.4, -0.2) is 41.6 Å². The molecule has 4 aromatic rings. The lowest BCUT2D eigenvalue weighted by Gasteiger charge is -2.24. The number of halogens is 1. The molecule has 5 nitrogen and oxygen atoms in total. The zero-order valence-electron chi connectivity index (χ0n) is 16.6. The molecular formula is C23H23FN2O3S. The Kier molecular flexibility index (Phi) is 5.60. The van der Waals surface area contributed by atoms with Gasteiger partial charge in [0.2, 0.25) is 10.0 Å². The highest BCUT2D eigenvalue weighted by atomic mass is 32.2. The molecule has 0 amide bonds. The third kappa shape index (κ3) is 3.71. The van der Waals surface area contributed by atoms with E-state index in [2.05, 4.69) is 0 Å². The molecule has 0 saturated carbocycles. The lowest BCUT2D eigenvalue weighted by molar-refractivity contribution is 0.131. The average molecular weight is 427 g/mol. The van der Waals surface area contributed by atoms with E-state index in [1.165, 1.54) is 16.4 Å². The number of fused-ring (bicyclic) bond motifs is 3. The molecule has 1 atom stereocenters. The fourth-order valence-corrected chi connectivity index (χ4v) is 5.34. The predicted molar refractivity (Wildman–Crippen MR) is 116 cm³/mol. The predicted octanol–water partition coefficient (Wildman–Crippen LogP) is 4.01. The second-order valence-electron chi connectivity index (χ2n) is 7.21. The molecule has 1 N–H and O–H groups in total. The number of aliphatic hydroxyl groups excluding tert-OH is 1. The van der Waals surface area contributed by atoms with Crippen LogP contribution in [0.4, 0.5) is 4.39 Å². The zero-order valence-corrected chi connectivity index (χ0v) is 17.4. The van der Waals surface area contributed by atoms with Crippen molar-refractivity contribution in [3.63, 3.8) is 0 Å². The van der Waals surface area contributed by atoms with Crippen LogP contribution in [0.1, 0.15) is 6.92 Å². The molecule has 30 heavy (non-hydrogen) atoms. The summed E-state index contributed by atoms with van der Waals surface area (Å²) in [6.45, 7) is 2.11. The van der Waals surface area contributed by atoms with Crippen molar-refractivity contribution in [3.05, 3.63) is 78.6 Å². The molecule has 1 heterocycles. The smallest absolute Gasteiger partial charge is 0.243 e. The van der Waals surface area contributed by atoms with Gasteiger partial charge in [-0.05, 0) is 36.4 Å². The normalized spacial score (nSPS) is 13.3. The number of rotatable bonds is 7. The van der Waals surface area contributed by atoms with Crippen LogP contribution in [0.2, 0.25) is 0 Å². The van der Waals surface area contributed by atoms with E-state index < -0.39 is 21.9 Å². The molecule has 0 aliphatic rings. The van der Waals surface area contributed by atoms with Crippen molar-refractivity contribution in [3.8, 4) is 0 Å². The Morgan fingerprint density at radius 3 is 2.00 bits per heavy atom. The topological polar surface area (TPSA) is 62.5 Å². The van der Waals surface area contributed by atoms with E-state index in [0.717, 1.165) is 33.9 Å². The largest absolute Gasteiger partial charge is 0.390 e. The van der Waals surface area contributed by atoms with Gasteiger partial charge in [0.1, 0.15) is 5.82 Å². The van der Waals surface area contributed by atoms with Gasteiger partial charge in [-0.1, -0.05) is 43.3 Å². The van der Waals surface area contributed by atoms with Crippen LogP contribution in [-0.2, 0) is 16.6 Å². The second kappa shape index (κ2) is 8.18. The van der Waals surface area contributed by atoms with Gasteiger partial charge in [-0.3, -0.25) is 0 Å². The summed E-state index contributed by atoms with van der Waals surface area (Å²) >= 11 is 0. The summed E-state index contributed by atoms with van der Waals surface area (Å²) in [5, 5.41) is 13.0. The van der Waals surface area contributed by atoms with Crippen molar-refractivity contribution in [2.24, 2.45) is 0 Å². The van der Waals surface area contributed by atoms with Crippen molar-refractivity contribution in [1.82, 2.24) is 8.87 Å². The SMILES string of the molecule is CCN(C[C@@H](O)Cn1c2ccccc2c2ccccc21)S(=O)(=O)c1ccc(F)cc1. The van der Waals surface area contributed by atoms with Gasteiger partial charge in [-0.15, -0.1) is 0 Å². The highest BCUT2D eigenvalue weighted by Crippen LogP contribution is 2.29. The summed E-state index contributed by atoms with van der Waals surface area (Å²) in [5.74, 6) is -0.497. The van der Waals surface area contributed by atoms with Gasteiger partial charge in [0.05, 0.1) is 17.5 Å². The number of hydrogen-bond donors (Lipinski definition) is 1. The van der Waals surface area contributed by atoms with Crippen molar-refractivity contribution in [2.45, 2.75) is 24.5 Å². The fraction of sp³-hybridized carbons (Fsp3) is 0.217. The second-order valence-corrected chi connectivity index (χ2v) is 9.15. The molecule has 0 spiro atoms. The number of likely N-dealkylation sites (N-methyl/N-ethyl adjacent to an activating group) is 1. The first-order chi connectivity index (χ1) is 14.4. The zero-order chi connectivity index (χ0) is 21.3. The first kappa shape index (κ1) is 20.5. The van der Waals surface area contributed by atoms with Crippen LogP contribution < -0.4 is 0 Å². The quantitative estimate of drug-likeness (QED) is 0.486. The van der Waals surface area contributed by atoms with Crippen LogP contribution >= 0.6 is 0 Å². The highest BCUT2D eigenvalue weighted by molar-refractivity contribution is 7.89. The van der Waals surface area contributed by atoms with Crippen molar-refractivity contribution in [1.29, 1.82) is 0 Å². The molecule has 0 unspecified atom stereocenters. The maximum atomic E-state index is 13.2. The standard InChI is InChI=1S/C23H23FN2O3S/c1-2-25(30(28,29)19-13-11-17(24)12-14-19)15-18(27)16-26-22-9-5-3-7-20(22)21-8-4-6-10-23(21)26/h3-14,18,27H,2,15-16H2,1H3/t18-/m1/s1. The van der Waals surface area contributed by atoms with Crippen molar-refractivity contribution >= 4 is 31.8 Å². The third-order valence-corrected chi connectivity index (χ3v) is 7.25. The molecule has 0 aliphatic heterocycles. The number of nitrogens with zero attached hydrogens (tertiary/aromatic N) is 2. The minimum Gasteiger partial charge on any atom is -0.390 e. The van der Waals surface area contributed by atoms with E-state index in [1.807, 2.05) is 53.1 Å². The first-order valence-electron chi connectivity index (χ1n) is 9.81. The van der Waals surface area contributed by atoms with Gasteiger partial charge in [0, 0.05) is 34.9 Å². The van der Waals surface area contributed by atoms with Gasteiger partial charge < -0.3 is 9.67 Å². The number of aromatic nitrogens is 1. The lowest BCUT2D eigenvalue weighted by atomic mass is 10.2. The molecule has 0 saturated heterocycles. The van der Waals surface area contributed by atoms with Gasteiger partial charge in [-0.2, -0.15) is 4.31 Å². The molecule has 0 aliphatic carbocycles. The fourth-order valence-electron chi connectivity index (χ4n) is 3.86. The van der Waals surface area contributed by atoms with Gasteiger partial charge in [-0.25, -0.2) is 12.8 Å². The van der Waals surface area contributed by atoms with Gasteiger partial charge >= 0.3 is 0 Å². The molecule has 0 radical (unpaired) electrons. The van der Waals surface area contributed by atoms with E-state index in [1.54, 1.807) is 6.92 Å². The number of benzene rings is 3. The summed E-state index contributed by atoms with van der Waals surface area (Å²) in [4.78, 5) is 0.00909. The minimum atomic E-state index is -3.83. The van der Waals surface area contributed by atoms with E-state index in [9.17, 15) is 17.9 Å². The summed E-state index contributed by atoms with van der Waals surface area (Å²) in [6, 6.07) is 20.6. The Balaban J connectivity index is 1.62. The average Bonchev–Trinajstić information content (AvgIpc) is 3.06. The highest BCUT2D eigenvalue weighted by Gasteiger charge is 2.26. The monoisotopic (exact) mass is 426 g/mol. The van der Waals surface area contributed by atoms with Gasteiger partial charge in [0.15, 0.2) is 0 Å². The van der Waals surface area contributed by atoms with Crippen LogP contribution in [0, 0.1) is 5.82 Å². The number of sulfonamides is 1. The van der Waals surface area contributed by atoms with Crippen LogP contribution in [0.3, 0.4) is 0 Å². The van der Waals surface area contributed by atoms with Crippen LogP contribution in [0.15, 0.2) is 77.7 Å². The first-order valence-corrected chi connectivity index (χ1v) is 11.3. The molecule has 1 aromatic heterocycles.